The summed E-state index contributed by atoms with van der Waals surface area (Å²) in [5, 5.41) is 2.90. The molecular formula is C16H24N2O2. The first-order valence-electron chi connectivity index (χ1n) is 7.44. The van der Waals surface area contributed by atoms with Crippen LogP contribution < -0.4 is 11.1 Å². The van der Waals surface area contributed by atoms with Gasteiger partial charge in [-0.2, -0.15) is 0 Å². The van der Waals surface area contributed by atoms with E-state index in [1.807, 2.05) is 18.2 Å². The van der Waals surface area contributed by atoms with Crippen molar-refractivity contribution in [3.05, 3.63) is 35.9 Å². The summed E-state index contributed by atoms with van der Waals surface area (Å²) in [7, 11) is 0. The zero-order valence-corrected chi connectivity index (χ0v) is 11.9. The van der Waals surface area contributed by atoms with E-state index in [-0.39, 0.29) is 12.0 Å². The van der Waals surface area contributed by atoms with Gasteiger partial charge in [-0.25, -0.2) is 0 Å². The number of carbonyl (C=O) groups is 1. The summed E-state index contributed by atoms with van der Waals surface area (Å²) >= 11 is 0. The maximum absolute atomic E-state index is 11.9. The molecule has 0 aliphatic carbocycles. The summed E-state index contributed by atoms with van der Waals surface area (Å²) in [6.07, 6.45) is 4.99. The molecule has 4 heteroatoms. The third kappa shape index (κ3) is 4.94. The van der Waals surface area contributed by atoms with Crippen molar-refractivity contribution < 1.29 is 9.53 Å². The Hall–Kier alpha value is -1.39. The molecule has 1 amide bonds. The van der Waals surface area contributed by atoms with Crippen LogP contribution in [0.3, 0.4) is 0 Å². The van der Waals surface area contributed by atoms with E-state index in [9.17, 15) is 4.79 Å². The van der Waals surface area contributed by atoms with Gasteiger partial charge in [0.2, 0.25) is 5.91 Å². The molecule has 1 aromatic rings. The number of nitrogens with one attached hydrogen (secondary N) is 1. The largest absolute Gasteiger partial charge is 0.376 e. The summed E-state index contributed by atoms with van der Waals surface area (Å²) in [5.41, 5.74) is 7.14. The molecule has 110 valence electrons. The SMILES string of the molecule is N[C@@H](CCc1ccccc1)C(=O)NCC1CCCCO1. The molecule has 0 saturated carbocycles. The summed E-state index contributed by atoms with van der Waals surface area (Å²) in [6.45, 7) is 1.39. The Kier molecular flexibility index (Phi) is 6.02. The molecule has 1 fully saturated rings. The number of hydrogen-bond donors (Lipinski definition) is 2. The number of ether oxygens (including phenoxy) is 1. The minimum absolute atomic E-state index is 0.0740. The van der Waals surface area contributed by atoms with E-state index in [1.54, 1.807) is 0 Å². The predicted molar refractivity (Wildman–Crippen MR) is 79.3 cm³/mol. The second-order valence-corrected chi connectivity index (χ2v) is 5.36. The van der Waals surface area contributed by atoms with Gasteiger partial charge in [0.25, 0.3) is 0 Å². The van der Waals surface area contributed by atoms with Crippen LogP contribution in [-0.4, -0.2) is 31.2 Å². The standard InChI is InChI=1S/C16H24N2O2/c17-15(10-9-13-6-2-1-3-7-13)16(19)18-12-14-8-4-5-11-20-14/h1-3,6-7,14-15H,4-5,8-12,17H2,(H,18,19)/t14?,15-/m0/s1. The predicted octanol–water partition coefficient (Wildman–Crippen LogP) is 1.63. The highest BCUT2D eigenvalue weighted by atomic mass is 16.5. The lowest BCUT2D eigenvalue weighted by Gasteiger charge is -2.23. The summed E-state index contributed by atoms with van der Waals surface area (Å²) in [5.74, 6) is -0.0740. The normalized spacial score (nSPS) is 20.4. The Bertz CT molecular complexity index is 402. The van der Waals surface area contributed by atoms with Gasteiger partial charge in [0.05, 0.1) is 12.1 Å². The second-order valence-electron chi connectivity index (χ2n) is 5.36. The highest BCUT2D eigenvalue weighted by molar-refractivity contribution is 5.81. The first kappa shape index (κ1) is 15.0. The molecule has 1 unspecified atom stereocenters. The van der Waals surface area contributed by atoms with E-state index < -0.39 is 6.04 Å². The molecule has 0 bridgehead atoms. The van der Waals surface area contributed by atoms with Crippen molar-refractivity contribution in [3.8, 4) is 0 Å². The number of amides is 1. The summed E-state index contributed by atoms with van der Waals surface area (Å²) in [4.78, 5) is 11.9. The van der Waals surface area contributed by atoms with Gasteiger partial charge in [0.1, 0.15) is 0 Å². The minimum atomic E-state index is -0.446. The van der Waals surface area contributed by atoms with Crippen LogP contribution in [0.4, 0.5) is 0 Å². The quantitative estimate of drug-likeness (QED) is 0.830. The maximum Gasteiger partial charge on any atom is 0.237 e. The van der Waals surface area contributed by atoms with Crippen LogP contribution in [0.2, 0.25) is 0 Å². The Morgan fingerprint density at radius 2 is 2.15 bits per heavy atom. The molecule has 20 heavy (non-hydrogen) atoms. The lowest BCUT2D eigenvalue weighted by Crippen LogP contribution is -2.44. The molecule has 2 atom stereocenters. The monoisotopic (exact) mass is 276 g/mol. The second kappa shape index (κ2) is 8.02. The van der Waals surface area contributed by atoms with Gasteiger partial charge in [0, 0.05) is 13.2 Å². The number of hydrogen-bond acceptors (Lipinski definition) is 3. The van der Waals surface area contributed by atoms with Crippen molar-refractivity contribution in [2.45, 2.75) is 44.2 Å². The number of carbonyl (C=O) groups excluding carboxylic acids is 1. The van der Waals surface area contributed by atoms with E-state index in [0.717, 1.165) is 25.9 Å². The van der Waals surface area contributed by atoms with Crippen LogP contribution >= 0.6 is 0 Å². The molecule has 0 radical (unpaired) electrons. The van der Waals surface area contributed by atoms with Gasteiger partial charge in [-0.1, -0.05) is 30.3 Å². The van der Waals surface area contributed by atoms with Gasteiger partial charge in [0.15, 0.2) is 0 Å². The van der Waals surface area contributed by atoms with Crippen LogP contribution in [0.15, 0.2) is 30.3 Å². The van der Waals surface area contributed by atoms with E-state index in [2.05, 4.69) is 17.4 Å². The van der Waals surface area contributed by atoms with E-state index >= 15 is 0 Å². The van der Waals surface area contributed by atoms with E-state index in [1.165, 1.54) is 12.0 Å². The van der Waals surface area contributed by atoms with Gasteiger partial charge < -0.3 is 15.8 Å². The maximum atomic E-state index is 11.9. The van der Waals surface area contributed by atoms with Crippen molar-refractivity contribution in [1.29, 1.82) is 0 Å². The molecule has 0 spiro atoms. The van der Waals surface area contributed by atoms with Crippen LogP contribution in [0.5, 0.6) is 0 Å². The van der Waals surface area contributed by atoms with Crippen LogP contribution in [0.1, 0.15) is 31.2 Å². The first-order valence-corrected chi connectivity index (χ1v) is 7.44. The van der Waals surface area contributed by atoms with E-state index in [0.29, 0.717) is 13.0 Å². The number of benzene rings is 1. The smallest absolute Gasteiger partial charge is 0.237 e. The van der Waals surface area contributed by atoms with Crippen molar-refractivity contribution >= 4 is 5.91 Å². The number of nitrogens with two attached hydrogens (primary N) is 1. The highest BCUT2D eigenvalue weighted by Crippen LogP contribution is 2.11. The van der Waals surface area contributed by atoms with Gasteiger partial charge in [-0.05, 0) is 37.7 Å². The lowest BCUT2D eigenvalue weighted by atomic mass is 10.0. The molecule has 3 N–H and O–H groups in total. The third-order valence-corrected chi connectivity index (χ3v) is 3.70. The minimum Gasteiger partial charge on any atom is -0.376 e. The molecule has 2 rings (SSSR count). The van der Waals surface area contributed by atoms with Gasteiger partial charge in [-0.3, -0.25) is 4.79 Å². The average molecular weight is 276 g/mol. The van der Waals surface area contributed by atoms with Crippen LogP contribution in [-0.2, 0) is 16.0 Å². The fourth-order valence-corrected chi connectivity index (χ4v) is 2.41. The average Bonchev–Trinajstić information content (AvgIpc) is 2.52. The first-order chi connectivity index (χ1) is 9.75. The zero-order chi connectivity index (χ0) is 14.2. The third-order valence-electron chi connectivity index (χ3n) is 3.70. The van der Waals surface area contributed by atoms with Crippen molar-refractivity contribution in [3.63, 3.8) is 0 Å². The molecule has 0 aromatic heterocycles. The zero-order valence-electron chi connectivity index (χ0n) is 11.9. The molecule has 1 aliphatic rings. The van der Waals surface area contributed by atoms with Crippen molar-refractivity contribution in [2.24, 2.45) is 5.73 Å². The molecular weight excluding hydrogens is 252 g/mol. The topological polar surface area (TPSA) is 64.4 Å². The molecule has 1 aromatic carbocycles. The highest BCUT2D eigenvalue weighted by Gasteiger charge is 2.17. The Labute approximate surface area is 120 Å². The number of rotatable bonds is 6. The Morgan fingerprint density at radius 1 is 1.35 bits per heavy atom. The summed E-state index contributed by atoms with van der Waals surface area (Å²) < 4.78 is 5.58. The Morgan fingerprint density at radius 3 is 2.85 bits per heavy atom. The van der Waals surface area contributed by atoms with Crippen LogP contribution in [0.25, 0.3) is 0 Å². The lowest BCUT2D eigenvalue weighted by molar-refractivity contribution is -0.123. The van der Waals surface area contributed by atoms with E-state index in [4.69, 9.17) is 10.5 Å². The summed E-state index contributed by atoms with van der Waals surface area (Å²) in [6, 6.07) is 9.66. The fraction of sp³-hybridized carbons (Fsp3) is 0.562. The van der Waals surface area contributed by atoms with Gasteiger partial charge >= 0.3 is 0 Å². The van der Waals surface area contributed by atoms with Gasteiger partial charge in [-0.15, -0.1) is 0 Å². The molecule has 1 aliphatic heterocycles. The molecule has 1 heterocycles. The van der Waals surface area contributed by atoms with Crippen molar-refractivity contribution in [1.82, 2.24) is 5.32 Å². The Balaban J connectivity index is 1.66. The molecule has 1 saturated heterocycles. The number of aryl methyl sites for hydroxylation is 1. The van der Waals surface area contributed by atoms with Crippen molar-refractivity contribution in [2.75, 3.05) is 13.2 Å². The fourth-order valence-electron chi connectivity index (χ4n) is 2.41. The molecule has 4 nitrogen and oxygen atoms in total. The van der Waals surface area contributed by atoms with Crippen LogP contribution in [0, 0.1) is 0 Å².